The van der Waals surface area contributed by atoms with Crippen molar-refractivity contribution in [2.24, 2.45) is 0 Å². The van der Waals surface area contributed by atoms with E-state index in [0.29, 0.717) is 17.5 Å². The molecule has 2 aromatic rings. The molecule has 0 aliphatic carbocycles. The third-order valence-electron chi connectivity index (χ3n) is 2.22. The van der Waals surface area contributed by atoms with E-state index in [1.54, 1.807) is 6.20 Å². The fourth-order valence-electron chi connectivity index (χ4n) is 1.40. The van der Waals surface area contributed by atoms with Gasteiger partial charge in [-0.15, -0.1) is 0 Å². The molecule has 82 valence electrons. The third kappa shape index (κ3) is 2.97. The highest BCUT2D eigenvalue weighted by atomic mass is 35.5. The Kier molecular flexibility index (Phi) is 3.78. The van der Waals surface area contributed by atoms with Crippen LogP contribution in [-0.4, -0.2) is 11.6 Å². The van der Waals surface area contributed by atoms with Gasteiger partial charge < -0.3 is 4.74 Å². The van der Waals surface area contributed by atoms with Crippen molar-refractivity contribution < 1.29 is 4.74 Å². The Balaban J connectivity index is 1.87. The van der Waals surface area contributed by atoms with E-state index < -0.39 is 0 Å². The van der Waals surface area contributed by atoms with E-state index in [9.17, 15) is 0 Å². The maximum Gasteiger partial charge on any atom is 0.171 e. The molecule has 0 atom stereocenters. The van der Waals surface area contributed by atoms with Crippen LogP contribution in [0.1, 0.15) is 5.56 Å². The monoisotopic (exact) mass is 233 g/mol. The summed E-state index contributed by atoms with van der Waals surface area (Å²) in [5.41, 5.74) is 1.25. The van der Waals surface area contributed by atoms with Crippen molar-refractivity contribution in [2.45, 2.75) is 6.42 Å². The lowest BCUT2D eigenvalue weighted by Crippen LogP contribution is -2.01. The molecule has 0 radical (unpaired) electrons. The van der Waals surface area contributed by atoms with E-state index >= 15 is 0 Å². The summed E-state index contributed by atoms with van der Waals surface area (Å²) in [6.07, 6.45) is 2.51. The second-order valence-electron chi connectivity index (χ2n) is 3.38. The van der Waals surface area contributed by atoms with E-state index in [4.69, 9.17) is 16.3 Å². The predicted octanol–water partition coefficient (Wildman–Crippen LogP) is 3.36. The summed E-state index contributed by atoms with van der Waals surface area (Å²) < 4.78 is 5.55. The van der Waals surface area contributed by atoms with Crippen molar-refractivity contribution in [1.29, 1.82) is 0 Å². The minimum absolute atomic E-state index is 0.413. The molecule has 1 aromatic heterocycles. The van der Waals surface area contributed by atoms with Crippen LogP contribution >= 0.6 is 11.6 Å². The lowest BCUT2D eigenvalue weighted by molar-refractivity contribution is 0.321. The van der Waals surface area contributed by atoms with Crippen molar-refractivity contribution in [3.05, 3.63) is 59.4 Å². The van der Waals surface area contributed by atoms with Crippen LogP contribution in [0.4, 0.5) is 0 Å². The number of halogens is 1. The molecule has 1 aromatic carbocycles. The topological polar surface area (TPSA) is 22.1 Å². The zero-order valence-electron chi connectivity index (χ0n) is 8.77. The normalized spacial score (nSPS) is 10.1. The summed E-state index contributed by atoms with van der Waals surface area (Å²) >= 11 is 5.87. The Bertz CT molecular complexity index is 445. The summed E-state index contributed by atoms with van der Waals surface area (Å²) in [5, 5.41) is 0.413. The number of hydrogen-bond acceptors (Lipinski definition) is 2. The number of nitrogens with zero attached hydrogens (tertiary/aromatic N) is 1. The van der Waals surface area contributed by atoms with Crippen molar-refractivity contribution in [1.82, 2.24) is 4.98 Å². The molecule has 2 rings (SSSR count). The van der Waals surface area contributed by atoms with Gasteiger partial charge in [0.05, 0.1) is 6.61 Å². The first-order valence-electron chi connectivity index (χ1n) is 5.13. The fraction of sp³-hybridized carbons (Fsp3) is 0.154. The summed E-state index contributed by atoms with van der Waals surface area (Å²) in [5.74, 6) is 0.639. The first-order chi connectivity index (χ1) is 7.86. The van der Waals surface area contributed by atoms with Gasteiger partial charge in [0.15, 0.2) is 10.9 Å². The second-order valence-corrected chi connectivity index (χ2v) is 3.73. The van der Waals surface area contributed by atoms with E-state index in [-0.39, 0.29) is 0 Å². The lowest BCUT2D eigenvalue weighted by atomic mass is 10.2. The van der Waals surface area contributed by atoms with Crippen molar-refractivity contribution in [3.63, 3.8) is 0 Å². The molecular weight excluding hydrogens is 222 g/mol. The zero-order chi connectivity index (χ0) is 11.2. The Morgan fingerprint density at radius 2 is 1.88 bits per heavy atom. The molecule has 0 bridgehead atoms. The van der Waals surface area contributed by atoms with Crippen LogP contribution < -0.4 is 4.74 Å². The molecule has 3 heteroatoms. The maximum atomic E-state index is 5.87. The predicted molar refractivity (Wildman–Crippen MR) is 64.9 cm³/mol. The Morgan fingerprint density at radius 1 is 1.06 bits per heavy atom. The third-order valence-corrected chi connectivity index (χ3v) is 2.50. The van der Waals surface area contributed by atoms with Gasteiger partial charge in [-0.2, -0.15) is 0 Å². The average molecular weight is 234 g/mol. The standard InChI is InChI=1S/C13H12ClNO/c14-13-12(7-4-9-15-13)16-10-8-11-5-2-1-3-6-11/h1-7,9H,8,10H2. The highest BCUT2D eigenvalue weighted by molar-refractivity contribution is 6.30. The molecule has 0 spiro atoms. The highest BCUT2D eigenvalue weighted by Crippen LogP contribution is 2.20. The van der Waals surface area contributed by atoms with E-state index in [0.717, 1.165) is 6.42 Å². The molecule has 0 fully saturated rings. The highest BCUT2D eigenvalue weighted by Gasteiger charge is 2.00. The zero-order valence-corrected chi connectivity index (χ0v) is 9.52. The fourth-order valence-corrected chi connectivity index (χ4v) is 1.58. The number of ether oxygens (including phenoxy) is 1. The van der Waals surface area contributed by atoms with E-state index in [1.807, 2.05) is 30.3 Å². The quantitative estimate of drug-likeness (QED) is 0.756. The second kappa shape index (κ2) is 5.52. The first-order valence-corrected chi connectivity index (χ1v) is 5.51. The van der Waals surface area contributed by atoms with Gasteiger partial charge in [0.25, 0.3) is 0 Å². The maximum absolute atomic E-state index is 5.87. The largest absolute Gasteiger partial charge is 0.490 e. The van der Waals surface area contributed by atoms with Gasteiger partial charge in [-0.1, -0.05) is 41.9 Å². The van der Waals surface area contributed by atoms with Crippen LogP contribution in [0, 0.1) is 0 Å². The lowest BCUT2D eigenvalue weighted by Gasteiger charge is -2.06. The van der Waals surface area contributed by atoms with Crippen LogP contribution in [0.25, 0.3) is 0 Å². The van der Waals surface area contributed by atoms with Crippen molar-refractivity contribution in [2.75, 3.05) is 6.61 Å². The van der Waals surface area contributed by atoms with E-state index in [2.05, 4.69) is 17.1 Å². The van der Waals surface area contributed by atoms with Crippen molar-refractivity contribution in [3.8, 4) is 5.75 Å². The average Bonchev–Trinajstić information content (AvgIpc) is 2.33. The van der Waals surface area contributed by atoms with Gasteiger partial charge in [0.2, 0.25) is 0 Å². The number of rotatable bonds is 4. The van der Waals surface area contributed by atoms with Crippen LogP contribution in [0.2, 0.25) is 5.15 Å². The van der Waals surface area contributed by atoms with Crippen LogP contribution in [0.15, 0.2) is 48.7 Å². The van der Waals surface area contributed by atoms with E-state index in [1.165, 1.54) is 5.56 Å². The molecule has 0 amide bonds. The molecule has 0 unspecified atom stereocenters. The van der Waals surface area contributed by atoms with Gasteiger partial charge in [0, 0.05) is 12.6 Å². The number of aromatic nitrogens is 1. The SMILES string of the molecule is Clc1ncccc1OCCc1ccccc1. The minimum atomic E-state index is 0.413. The van der Waals surface area contributed by atoms with Gasteiger partial charge in [-0.3, -0.25) is 0 Å². The first kappa shape index (κ1) is 11.0. The van der Waals surface area contributed by atoms with Crippen molar-refractivity contribution >= 4 is 11.6 Å². The summed E-state index contributed by atoms with van der Waals surface area (Å²) in [6.45, 7) is 0.607. The molecule has 2 nitrogen and oxygen atoms in total. The molecule has 0 saturated carbocycles. The minimum Gasteiger partial charge on any atom is -0.490 e. The van der Waals surface area contributed by atoms with Gasteiger partial charge in [-0.05, 0) is 17.7 Å². The molecule has 16 heavy (non-hydrogen) atoms. The van der Waals surface area contributed by atoms with Gasteiger partial charge in [-0.25, -0.2) is 4.98 Å². The van der Waals surface area contributed by atoms with Crippen LogP contribution in [0.5, 0.6) is 5.75 Å². The van der Waals surface area contributed by atoms with Crippen LogP contribution in [-0.2, 0) is 6.42 Å². The smallest absolute Gasteiger partial charge is 0.171 e. The number of benzene rings is 1. The molecule has 1 heterocycles. The molecule has 0 N–H and O–H groups in total. The molecule has 0 saturated heterocycles. The Hall–Kier alpha value is -1.54. The molecule has 0 aliphatic heterocycles. The Labute approximate surface area is 99.9 Å². The van der Waals surface area contributed by atoms with Gasteiger partial charge in [0.1, 0.15) is 0 Å². The number of hydrogen-bond donors (Lipinski definition) is 0. The van der Waals surface area contributed by atoms with Gasteiger partial charge >= 0.3 is 0 Å². The molecular formula is C13H12ClNO. The summed E-state index contributed by atoms with van der Waals surface area (Å²) in [7, 11) is 0. The van der Waals surface area contributed by atoms with Crippen LogP contribution in [0.3, 0.4) is 0 Å². The summed E-state index contributed by atoms with van der Waals surface area (Å²) in [4.78, 5) is 3.95. The Morgan fingerprint density at radius 3 is 2.62 bits per heavy atom. The number of pyridine rings is 1. The summed E-state index contributed by atoms with van der Waals surface area (Å²) in [6, 6.07) is 13.8. The molecule has 0 aliphatic rings.